The molecular formula is C18H33N5O3. The highest BCUT2D eigenvalue weighted by Gasteiger charge is 2.30. The van der Waals surface area contributed by atoms with Crippen molar-refractivity contribution in [2.75, 3.05) is 78.7 Å². The number of ether oxygens (including phenoxy) is 2. The van der Waals surface area contributed by atoms with Gasteiger partial charge >= 0.3 is 0 Å². The highest BCUT2D eigenvalue weighted by Crippen LogP contribution is 2.16. The fourth-order valence-corrected chi connectivity index (χ4v) is 3.66. The molecule has 1 N–H and O–H groups in total. The number of carbonyl (C=O) groups excluding carboxylic acids is 1. The maximum Gasteiger partial charge on any atom is 0.251 e. The van der Waals surface area contributed by atoms with E-state index in [0.29, 0.717) is 0 Å². The monoisotopic (exact) mass is 367 g/mol. The van der Waals surface area contributed by atoms with Crippen LogP contribution in [0.3, 0.4) is 0 Å². The van der Waals surface area contributed by atoms with E-state index in [1.807, 2.05) is 4.90 Å². The third-order valence-corrected chi connectivity index (χ3v) is 5.21. The van der Waals surface area contributed by atoms with Gasteiger partial charge in [0.25, 0.3) is 5.91 Å². The summed E-state index contributed by atoms with van der Waals surface area (Å²) in [6, 6.07) is 0. The molecule has 0 radical (unpaired) electrons. The maximum atomic E-state index is 12.5. The highest BCUT2D eigenvalue weighted by molar-refractivity contribution is 5.82. The van der Waals surface area contributed by atoms with Gasteiger partial charge in [-0.2, -0.15) is 0 Å². The van der Waals surface area contributed by atoms with Gasteiger partial charge in [0.1, 0.15) is 6.10 Å². The summed E-state index contributed by atoms with van der Waals surface area (Å²) in [4.78, 5) is 23.9. The number of amides is 1. The molecule has 3 rings (SSSR count). The lowest BCUT2D eigenvalue weighted by molar-refractivity contribution is -0.142. The van der Waals surface area contributed by atoms with Crippen LogP contribution in [0.1, 0.15) is 19.8 Å². The zero-order chi connectivity index (χ0) is 18.2. The molecule has 8 heteroatoms. The van der Waals surface area contributed by atoms with Crippen LogP contribution in [0.2, 0.25) is 0 Å². The molecule has 0 aromatic carbocycles. The van der Waals surface area contributed by atoms with Crippen molar-refractivity contribution < 1.29 is 14.3 Å². The van der Waals surface area contributed by atoms with Crippen LogP contribution in [0.5, 0.6) is 0 Å². The van der Waals surface area contributed by atoms with Crippen LogP contribution in [-0.4, -0.2) is 111 Å². The zero-order valence-electron chi connectivity index (χ0n) is 16.0. The van der Waals surface area contributed by atoms with E-state index in [-0.39, 0.29) is 12.0 Å². The third kappa shape index (κ3) is 5.31. The second-order valence-corrected chi connectivity index (χ2v) is 7.00. The van der Waals surface area contributed by atoms with Gasteiger partial charge in [0.05, 0.1) is 19.8 Å². The summed E-state index contributed by atoms with van der Waals surface area (Å²) >= 11 is 0. The van der Waals surface area contributed by atoms with Crippen molar-refractivity contribution in [2.24, 2.45) is 4.99 Å². The second kappa shape index (κ2) is 10.1. The van der Waals surface area contributed by atoms with Gasteiger partial charge in [-0.1, -0.05) is 0 Å². The average molecular weight is 367 g/mol. The minimum atomic E-state index is -0.211. The van der Waals surface area contributed by atoms with E-state index in [1.54, 1.807) is 0 Å². The number of piperazine rings is 1. The first-order valence-electron chi connectivity index (χ1n) is 10.0. The normalized spacial score (nSPS) is 25.6. The second-order valence-electron chi connectivity index (χ2n) is 7.00. The number of carbonyl (C=O) groups is 1. The average Bonchev–Trinajstić information content (AvgIpc) is 3.23. The van der Waals surface area contributed by atoms with Gasteiger partial charge < -0.3 is 24.6 Å². The molecule has 26 heavy (non-hydrogen) atoms. The topological polar surface area (TPSA) is 69.6 Å². The Morgan fingerprint density at radius 3 is 2.46 bits per heavy atom. The number of hydrogen-bond donors (Lipinski definition) is 1. The van der Waals surface area contributed by atoms with Crippen molar-refractivity contribution >= 4 is 11.9 Å². The Bertz CT molecular complexity index is 467. The van der Waals surface area contributed by atoms with Gasteiger partial charge in [0.15, 0.2) is 5.96 Å². The molecule has 1 amide bonds. The Kier molecular flexibility index (Phi) is 7.52. The predicted molar refractivity (Wildman–Crippen MR) is 100 cm³/mol. The fraction of sp³-hybridized carbons (Fsp3) is 0.889. The van der Waals surface area contributed by atoms with Gasteiger partial charge in [0.2, 0.25) is 0 Å². The first-order valence-corrected chi connectivity index (χ1v) is 10.0. The summed E-state index contributed by atoms with van der Waals surface area (Å²) in [5.74, 6) is 1.13. The lowest BCUT2D eigenvalue weighted by Gasteiger charge is -2.37. The highest BCUT2D eigenvalue weighted by atomic mass is 16.5. The van der Waals surface area contributed by atoms with Crippen molar-refractivity contribution in [3.8, 4) is 0 Å². The minimum absolute atomic E-state index is 0.163. The summed E-state index contributed by atoms with van der Waals surface area (Å²) < 4.78 is 10.9. The summed E-state index contributed by atoms with van der Waals surface area (Å²) in [7, 11) is 0. The molecule has 1 atom stereocenters. The zero-order valence-corrected chi connectivity index (χ0v) is 16.0. The summed E-state index contributed by atoms with van der Waals surface area (Å²) in [5.41, 5.74) is 0. The molecule has 148 valence electrons. The molecule has 3 heterocycles. The van der Waals surface area contributed by atoms with Crippen LogP contribution in [0, 0.1) is 0 Å². The molecule has 3 aliphatic rings. The van der Waals surface area contributed by atoms with E-state index in [0.717, 1.165) is 97.5 Å². The number of rotatable bonds is 5. The lowest BCUT2D eigenvalue weighted by atomic mass is 10.2. The molecule has 0 saturated carbocycles. The summed E-state index contributed by atoms with van der Waals surface area (Å²) in [6.07, 6.45) is 1.65. The van der Waals surface area contributed by atoms with Crippen molar-refractivity contribution in [3.05, 3.63) is 0 Å². The third-order valence-electron chi connectivity index (χ3n) is 5.21. The van der Waals surface area contributed by atoms with Gasteiger partial charge in [0, 0.05) is 59.0 Å². The molecular weight excluding hydrogens is 334 g/mol. The SMILES string of the molecule is CCNC(=NCCN1CCOCC1)N1CCN(C(=O)C2CCCO2)CC1. The van der Waals surface area contributed by atoms with Crippen molar-refractivity contribution in [3.63, 3.8) is 0 Å². The first kappa shape index (κ1) is 19.4. The Morgan fingerprint density at radius 2 is 1.81 bits per heavy atom. The van der Waals surface area contributed by atoms with Crippen LogP contribution in [0.4, 0.5) is 0 Å². The van der Waals surface area contributed by atoms with E-state index >= 15 is 0 Å². The molecule has 0 aromatic rings. The largest absolute Gasteiger partial charge is 0.379 e. The van der Waals surface area contributed by atoms with E-state index in [1.165, 1.54) is 0 Å². The van der Waals surface area contributed by atoms with Gasteiger partial charge in [-0.15, -0.1) is 0 Å². The Labute approximate surface area is 156 Å². The summed E-state index contributed by atoms with van der Waals surface area (Å²) in [5, 5.41) is 3.39. The number of morpholine rings is 1. The molecule has 3 fully saturated rings. The first-order chi connectivity index (χ1) is 12.8. The van der Waals surface area contributed by atoms with Crippen LogP contribution in [0.15, 0.2) is 4.99 Å². The van der Waals surface area contributed by atoms with Crippen molar-refractivity contribution in [1.82, 2.24) is 20.0 Å². The standard InChI is InChI=1S/C18H33N5O3/c1-2-19-18(20-5-6-21-11-14-25-15-12-21)23-9-7-22(8-10-23)17(24)16-4-3-13-26-16/h16H,2-15H2,1H3,(H,19,20). The fourth-order valence-electron chi connectivity index (χ4n) is 3.66. The number of nitrogens with one attached hydrogen (secondary N) is 1. The molecule has 0 bridgehead atoms. The van der Waals surface area contributed by atoms with E-state index in [9.17, 15) is 4.79 Å². The van der Waals surface area contributed by atoms with Gasteiger partial charge in [-0.05, 0) is 19.8 Å². The molecule has 0 spiro atoms. The van der Waals surface area contributed by atoms with Gasteiger partial charge in [-0.25, -0.2) is 0 Å². The smallest absolute Gasteiger partial charge is 0.251 e. The molecule has 0 aromatic heterocycles. The number of guanidine groups is 1. The van der Waals surface area contributed by atoms with Gasteiger partial charge in [-0.3, -0.25) is 14.7 Å². The van der Waals surface area contributed by atoms with Crippen LogP contribution < -0.4 is 5.32 Å². The van der Waals surface area contributed by atoms with Crippen molar-refractivity contribution in [2.45, 2.75) is 25.9 Å². The van der Waals surface area contributed by atoms with E-state index in [4.69, 9.17) is 14.5 Å². The Hall–Kier alpha value is -1.38. The maximum absolute atomic E-state index is 12.5. The van der Waals surface area contributed by atoms with Crippen molar-refractivity contribution in [1.29, 1.82) is 0 Å². The van der Waals surface area contributed by atoms with Crippen LogP contribution in [-0.2, 0) is 14.3 Å². The number of nitrogens with zero attached hydrogens (tertiary/aromatic N) is 4. The Balaban J connectivity index is 1.46. The molecule has 1 unspecified atom stereocenters. The summed E-state index contributed by atoms with van der Waals surface area (Å²) in [6.45, 7) is 12.2. The molecule has 3 aliphatic heterocycles. The molecule has 0 aliphatic carbocycles. The molecule has 8 nitrogen and oxygen atoms in total. The van der Waals surface area contributed by atoms with Crippen LogP contribution in [0.25, 0.3) is 0 Å². The molecule has 3 saturated heterocycles. The number of aliphatic imine (C=N–C) groups is 1. The predicted octanol–water partition coefficient (Wildman–Crippen LogP) is -0.393. The minimum Gasteiger partial charge on any atom is -0.379 e. The Morgan fingerprint density at radius 1 is 1.08 bits per heavy atom. The van der Waals surface area contributed by atoms with Crippen LogP contribution >= 0.6 is 0 Å². The quantitative estimate of drug-likeness (QED) is 0.527. The van der Waals surface area contributed by atoms with E-state index < -0.39 is 0 Å². The lowest BCUT2D eigenvalue weighted by Crippen LogP contribution is -2.55. The van der Waals surface area contributed by atoms with E-state index in [2.05, 4.69) is 22.0 Å². The number of hydrogen-bond acceptors (Lipinski definition) is 5.